The molecule has 0 unspecified atom stereocenters. The second-order valence-corrected chi connectivity index (χ2v) is 4.72. The normalized spacial score (nSPS) is 15.2. The predicted octanol–water partition coefficient (Wildman–Crippen LogP) is 4.23. The second-order valence-electron chi connectivity index (χ2n) is 4.72. The maximum absolute atomic E-state index is 2.35. The standard InChI is InChI=1S/C16H17N/c1-13-11-17(12-14-7-3-2-4-8-14)16-10-6-5-9-15(13)16/h3,5-11H,2,4,12H2,1H3. The first-order valence-electron chi connectivity index (χ1n) is 6.24. The summed E-state index contributed by atoms with van der Waals surface area (Å²) >= 11 is 0. The van der Waals surface area contributed by atoms with E-state index in [0.717, 1.165) is 6.54 Å². The molecule has 1 aromatic heterocycles. The van der Waals surface area contributed by atoms with Crippen molar-refractivity contribution in [3.8, 4) is 0 Å². The zero-order valence-electron chi connectivity index (χ0n) is 10.2. The Bertz CT molecular complexity index is 599. The number of benzene rings is 1. The lowest BCUT2D eigenvalue weighted by Gasteiger charge is -2.09. The number of hydrogen-bond donors (Lipinski definition) is 0. The van der Waals surface area contributed by atoms with Crippen molar-refractivity contribution in [1.82, 2.24) is 4.57 Å². The largest absolute Gasteiger partial charge is 0.343 e. The molecule has 1 aliphatic rings. The molecule has 3 rings (SSSR count). The van der Waals surface area contributed by atoms with Crippen LogP contribution in [0.25, 0.3) is 10.9 Å². The monoisotopic (exact) mass is 223 g/mol. The van der Waals surface area contributed by atoms with E-state index in [1.165, 1.54) is 34.9 Å². The van der Waals surface area contributed by atoms with Gasteiger partial charge in [-0.15, -0.1) is 0 Å². The molecule has 0 radical (unpaired) electrons. The van der Waals surface area contributed by atoms with Crippen molar-refractivity contribution >= 4 is 10.9 Å². The van der Waals surface area contributed by atoms with E-state index in [0.29, 0.717) is 0 Å². The molecule has 17 heavy (non-hydrogen) atoms. The first-order valence-corrected chi connectivity index (χ1v) is 6.24. The Morgan fingerprint density at radius 2 is 2.06 bits per heavy atom. The van der Waals surface area contributed by atoms with E-state index >= 15 is 0 Å². The SMILES string of the molecule is Cc1cn(CC2=CCCC=C2)c2ccccc12. The van der Waals surface area contributed by atoms with Crippen molar-refractivity contribution in [3.05, 3.63) is 59.8 Å². The molecule has 1 heteroatoms. The molecular weight excluding hydrogens is 206 g/mol. The fourth-order valence-corrected chi connectivity index (χ4v) is 2.54. The molecule has 0 bridgehead atoms. The van der Waals surface area contributed by atoms with Crippen LogP contribution in [-0.4, -0.2) is 4.57 Å². The first kappa shape index (κ1) is 10.4. The van der Waals surface area contributed by atoms with Crippen LogP contribution in [0.2, 0.25) is 0 Å². The van der Waals surface area contributed by atoms with Crippen LogP contribution in [0.3, 0.4) is 0 Å². The minimum absolute atomic E-state index is 0.991. The summed E-state index contributed by atoms with van der Waals surface area (Å²) in [5.74, 6) is 0. The molecule has 0 spiro atoms. The number of aryl methyl sites for hydroxylation is 1. The Morgan fingerprint density at radius 3 is 2.88 bits per heavy atom. The highest BCUT2D eigenvalue weighted by Crippen LogP contribution is 2.22. The summed E-state index contributed by atoms with van der Waals surface area (Å²) in [6.07, 6.45) is 11.5. The molecule has 0 amide bonds. The van der Waals surface area contributed by atoms with E-state index in [9.17, 15) is 0 Å². The van der Waals surface area contributed by atoms with Gasteiger partial charge in [-0.1, -0.05) is 36.4 Å². The van der Waals surface area contributed by atoms with Gasteiger partial charge in [-0.25, -0.2) is 0 Å². The highest BCUT2D eigenvalue weighted by Gasteiger charge is 2.05. The van der Waals surface area contributed by atoms with Gasteiger partial charge in [0.25, 0.3) is 0 Å². The highest BCUT2D eigenvalue weighted by atomic mass is 15.0. The average Bonchev–Trinajstić information content (AvgIpc) is 2.69. The van der Waals surface area contributed by atoms with Crippen LogP contribution in [0.5, 0.6) is 0 Å². The summed E-state index contributed by atoms with van der Waals surface area (Å²) in [7, 11) is 0. The molecule has 0 atom stereocenters. The van der Waals surface area contributed by atoms with Crippen molar-refractivity contribution < 1.29 is 0 Å². The second kappa shape index (κ2) is 4.25. The number of fused-ring (bicyclic) bond motifs is 1. The molecule has 1 nitrogen and oxygen atoms in total. The van der Waals surface area contributed by atoms with Gasteiger partial charge in [-0.2, -0.15) is 0 Å². The first-order chi connectivity index (χ1) is 8.34. The fraction of sp³-hybridized carbons (Fsp3) is 0.250. The fourth-order valence-electron chi connectivity index (χ4n) is 2.54. The van der Waals surface area contributed by atoms with Gasteiger partial charge in [0, 0.05) is 23.6 Å². The molecule has 0 saturated carbocycles. The smallest absolute Gasteiger partial charge is 0.0486 e. The molecule has 0 saturated heterocycles. The van der Waals surface area contributed by atoms with Crippen molar-refractivity contribution in [2.24, 2.45) is 0 Å². The summed E-state index contributed by atoms with van der Waals surface area (Å²) in [6.45, 7) is 3.18. The van der Waals surface area contributed by atoms with Crippen LogP contribution >= 0.6 is 0 Å². The van der Waals surface area contributed by atoms with Gasteiger partial charge in [0.15, 0.2) is 0 Å². The molecule has 2 aromatic rings. The van der Waals surface area contributed by atoms with E-state index in [4.69, 9.17) is 0 Å². The van der Waals surface area contributed by atoms with Crippen LogP contribution in [0.4, 0.5) is 0 Å². The van der Waals surface area contributed by atoms with Gasteiger partial charge in [-0.05, 0) is 37.0 Å². The lowest BCUT2D eigenvalue weighted by molar-refractivity contribution is 0.817. The molecule has 1 heterocycles. The van der Waals surface area contributed by atoms with E-state index in [2.05, 4.69) is 60.2 Å². The Morgan fingerprint density at radius 1 is 1.18 bits per heavy atom. The van der Waals surface area contributed by atoms with Gasteiger partial charge < -0.3 is 4.57 Å². The van der Waals surface area contributed by atoms with Crippen molar-refractivity contribution in [1.29, 1.82) is 0 Å². The van der Waals surface area contributed by atoms with E-state index < -0.39 is 0 Å². The van der Waals surface area contributed by atoms with Crippen LogP contribution in [0, 0.1) is 6.92 Å². The van der Waals surface area contributed by atoms with Crippen molar-refractivity contribution in [3.63, 3.8) is 0 Å². The van der Waals surface area contributed by atoms with E-state index in [1.54, 1.807) is 0 Å². The molecule has 1 aromatic carbocycles. The van der Waals surface area contributed by atoms with Crippen molar-refractivity contribution in [2.45, 2.75) is 26.3 Å². The van der Waals surface area contributed by atoms with Crippen LogP contribution in [-0.2, 0) is 6.54 Å². The van der Waals surface area contributed by atoms with Crippen LogP contribution in [0.1, 0.15) is 18.4 Å². The molecule has 1 aliphatic carbocycles. The summed E-state index contributed by atoms with van der Waals surface area (Å²) in [5.41, 5.74) is 4.13. The summed E-state index contributed by atoms with van der Waals surface area (Å²) < 4.78 is 2.35. The molecule has 0 N–H and O–H groups in total. The summed E-state index contributed by atoms with van der Waals surface area (Å²) in [4.78, 5) is 0. The molecular formula is C16H17N. The molecule has 0 aliphatic heterocycles. The van der Waals surface area contributed by atoms with Gasteiger partial charge in [0.05, 0.1) is 0 Å². The Labute approximate surface area is 102 Å². The predicted molar refractivity (Wildman–Crippen MR) is 73.1 cm³/mol. The third kappa shape index (κ3) is 1.93. The third-order valence-electron chi connectivity index (χ3n) is 3.41. The minimum Gasteiger partial charge on any atom is -0.343 e. The van der Waals surface area contributed by atoms with E-state index in [1.807, 2.05) is 0 Å². The van der Waals surface area contributed by atoms with Gasteiger partial charge in [0.1, 0.15) is 0 Å². The number of para-hydroxylation sites is 1. The highest BCUT2D eigenvalue weighted by molar-refractivity contribution is 5.83. The average molecular weight is 223 g/mol. The molecule has 0 fully saturated rings. The van der Waals surface area contributed by atoms with Crippen molar-refractivity contribution in [2.75, 3.05) is 0 Å². The maximum Gasteiger partial charge on any atom is 0.0486 e. The van der Waals surface area contributed by atoms with E-state index in [-0.39, 0.29) is 0 Å². The van der Waals surface area contributed by atoms with Gasteiger partial charge >= 0.3 is 0 Å². The minimum atomic E-state index is 0.991. The number of hydrogen-bond acceptors (Lipinski definition) is 0. The van der Waals surface area contributed by atoms with Crippen LogP contribution < -0.4 is 0 Å². The Balaban J connectivity index is 2.00. The summed E-state index contributed by atoms with van der Waals surface area (Å²) in [5, 5.41) is 1.37. The summed E-state index contributed by atoms with van der Waals surface area (Å²) in [6, 6.07) is 8.63. The topological polar surface area (TPSA) is 4.93 Å². The number of aromatic nitrogens is 1. The third-order valence-corrected chi connectivity index (χ3v) is 3.41. The lowest BCUT2D eigenvalue weighted by atomic mass is 10.1. The zero-order valence-corrected chi connectivity index (χ0v) is 10.2. The van der Waals surface area contributed by atoms with Gasteiger partial charge in [-0.3, -0.25) is 0 Å². The maximum atomic E-state index is 2.35. The Kier molecular flexibility index (Phi) is 2.60. The quantitative estimate of drug-likeness (QED) is 0.718. The zero-order chi connectivity index (χ0) is 11.7. The lowest BCUT2D eigenvalue weighted by Crippen LogP contribution is -1.99. The number of nitrogens with zero attached hydrogens (tertiary/aromatic N) is 1. The number of allylic oxidation sites excluding steroid dienone is 4. The van der Waals surface area contributed by atoms with Gasteiger partial charge in [0.2, 0.25) is 0 Å². The molecule has 86 valence electrons. The van der Waals surface area contributed by atoms with Crippen LogP contribution in [0.15, 0.2) is 54.3 Å². The number of rotatable bonds is 2. The Hall–Kier alpha value is -1.76.